The van der Waals surface area contributed by atoms with Crippen molar-refractivity contribution in [1.82, 2.24) is 15.2 Å². The van der Waals surface area contributed by atoms with Crippen molar-refractivity contribution in [1.29, 1.82) is 5.26 Å². The number of nitriles is 1. The van der Waals surface area contributed by atoms with Gasteiger partial charge < -0.3 is 4.90 Å². The molecule has 0 aliphatic rings. The molecule has 0 radical (unpaired) electrons. The first kappa shape index (κ1) is 14.7. The summed E-state index contributed by atoms with van der Waals surface area (Å²) in [6, 6.07) is 9.36. The molecule has 0 bridgehead atoms. The predicted octanol–water partition coefficient (Wildman–Crippen LogP) is 2.60. The molecule has 0 saturated heterocycles. The minimum atomic E-state index is -0.385. The summed E-state index contributed by atoms with van der Waals surface area (Å²) in [5.41, 5.74) is 1.65. The third-order valence-corrected chi connectivity index (χ3v) is 3.42. The number of aromatic nitrogens is 1. The van der Waals surface area contributed by atoms with E-state index in [1.165, 1.54) is 0 Å². The Kier molecular flexibility index (Phi) is 4.91. The minimum absolute atomic E-state index is 0.385. The van der Waals surface area contributed by atoms with Crippen molar-refractivity contribution in [3.63, 3.8) is 0 Å². The minimum Gasteiger partial charge on any atom is -0.308 e. The SMILES string of the molecule is CN(C)CCNC(C#N)c1ccc(Cl)c2cccnc12. The average molecular weight is 289 g/mol. The van der Waals surface area contributed by atoms with E-state index in [9.17, 15) is 5.26 Å². The molecule has 1 N–H and O–H groups in total. The van der Waals surface area contributed by atoms with E-state index < -0.39 is 0 Å². The number of fused-ring (bicyclic) bond motifs is 1. The lowest BCUT2D eigenvalue weighted by Crippen LogP contribution is -2.29. The standard InChI is InChI=1S/C15H17ClN4/c1-20(2)9-8-18-14(10-17)12-5-6-13(16)11-4-3-7-19-15(11)12/h3-7,14,18H,8-9H2,1-2H3. The van der Waals surface area contributed by atoms with Gasteiger partial charge in [-0.25, -0.2) is 0 Å². The van der Waals surface area contributed by atoms with Crippen LogP contribution in [0, 0.1) is 11.3 Å². The Labute approximate surface area is 124 Å². The third kappa shape index (κ3) is 3.26. The molecule has 0 spiro atoms. The van der Waals surface area contributed by atoms with Crippen LogP contribution < -0.4 is 5.32 Å². The number of nitrogens with zero attached hydrogens (tertiary/aromatic N) is 3. The Morgan fingerprint density at radius 1 is 1.40 bits per heavy atom. The van der Waals surface area contributed by atoms with Crippen LogP contribution in [0.3, 0.4) is 0 Å². The van der Waals surface area contributed by atoms with E-state index in [0.717, 1.165) is 29.6 Å². The third-order valence-electron chi connectivity index (χ3n) is 3.10. The van der Waals surface area contributed by atoms with Gasteiger partial charge in [0.15, 0.2) is 0 Å². The second kappa shape index (κ2) is 6.67. The Hall–Kier alpha value is -1.67. The molecule has 0 aliphatic heterocycles. The monoisotopic (exact) mass is 288 g/mol. The first-order valence-electron chi connectivity index (χ1n) is 6.44. The summed E-state index contributed by atoms with van der Waals surface area (Å²) in [6.07, 6.45) is 1.72. The molecule has 1 aromatic heterocycles. The quantitative estimate of drug-likeness (QED) is 0.919. The Bertz CT molecular complexity index is 633. The number of nitrogens with one attached hydrogen (secondary N) is 1. The summed E-state index contributed by atoms with van der Waals surface area (Å²) in [5, 5.41) is 14.2. The summed E-state index contributed by atoms with van der Waals surface area (Å²) in [6.45, 7) is 1.61. The maximum atomic E-state index is 9.39. The molecule has 1 heterocycles. The molecule has 1 unspecified atom stereocenters. The van der Waals surface area contributed by atoms with Crippen molar-refractivity contribution in [2.45, 2.75) is 6.04 Å². The average Bonchev–Trinajstić information content (AvgIpc) is 2.45. The molecule has 0 saturated carbocycles. The number of rotatable bonds is 5. The smallest absolute Gasteiger partial charge is 0.123 e. The van der Waals surface area contributed by atoms with Gasteiger partial charge in [-0.15, -0.1) is 0 Å². The lowest BCUT2D eigenvalue weighted by molar-refractivity contribution is 0.395. The van der Waals surface area contributed by atoms with Crippen LogP contribution in [0.5, 0.6) is 0 Å². The van der Waals surface area contributed by atoms with Gasteiger partial charge in [-0.3, -0.25) is 10.3 Å². The normalized spacial score (nSPS) is 12.6. The second-order valence-corrected chi connectivity index (χ2v) is 5.26. The Balaban J connectivity index is 2.31. The topological polar surface area (TPSA) is 52.0 Å². The van der Waals surface area contributed by atoms with E-state index in [2.05, 4.69) is 21.3 Å². The van der Waals surface area contributed by atoms with Crippen molar-refractivity contribution in [3.8, 4) is 6.07 Å². The molecule has 5 heteroatoms. The number of likely N-dealkylation sites (N-methyl/N-ethyl adjacent to an activating group) is 1. The van der Waals surface area contributed by atoms with Gasteiger partial charge in [-0.2, -0.15) is 5.26 Å². The van der Waals surface area contributed by atoms with Crippen LogP contribution in [0.15, 0.2) is 30.5 Å². The molecular formula is C15H17ClN4. The van der Waals surface area contributed by atoms with Crippen LogP contribution in [0.2, 0.25) is 5.02 Å². The van der Waals surface area contributed by atoms with E-state index in [0.29, 0.717) is 5.02 Å². The van der Waals surface area contributed by atoms with Crippen molar-refractivity contribution in [2.24, 2.45) is 0 Å². The first-order valence-corrected chi connectivity index (χ1v) is 6.82. The second-order valence-electron chi connectivity index (χ2n) is 4.86. The highest BCUT2D eigenvalue weighted by Crippen LogP contribution is 2.28. The van der Waals surface area contributed by atoms with Gasteiger partial charge >= 0.3 is 0 Å². The number of halogens is 1. The first-order chi connectivity index (χ1) is 9.63. The van der Waals surface area contributed by atoms with E-state index in [1.807, 2.05) is 38.4 Å². The fourth-order valence-electron chi connectivity index (χ4n) is 2.05. The molecular weight excluding hydrogens is 272 g/mol. The molecule has 0 fully saturated rings. The highest BCUT2D eigenvalue weighted by Gasteiger charge is 2.15. The van der Waals surface area contributed by atoms with Gasteiger partial charge in [0.25, 0.3) is 0 Å². The van der Waals surface area contributed by atoms with Crippen LogP contribution in [0.4, 0.5) is 0 Å². The zero-order valence-electron chi connectivity index (χ0n) is 11.6. The maximum absolute atomic E-state index is 9.39. The number of hydrogen-bond acceptors (Lipinski definition) is 4. The Morgan fingerprint density at radius 2 is 2.20 bits per heavy atom. The summed E-state index contributed by atoms with van der Waals surface area (Å²) in [5.74, 6) is 0. The summed E-state index contributed by atoms with van der Waals surface area (Å²) < 4.78 is 0. The predicted molar refractivity (Wildman–Crippen MR) is 81.7 cm³/mol. The van der Waals surface area contributed by atoms with E-state index in [4.69, 9.17) is 11.6 Å². The maximum Gasteiger partial charge on any atom is 0.123 e. The van der Waals surface area contributed by atoms with Crippen molar-refractivity contribution in [3.05, 3.63) is 41.0 Å². The van der Waals surface area contributed by atoms with Gasteiger partial charge in [0.2, 0.25) is 0 Å². The molecule has 0 aliphatic carbocycles. The lowest BCUT2D eigenvalue weighted by atomic mass is 10.0. The van der Waals surface area contributed by atoms with Gasteiger partial charge in [0.1, 0.15) is 6.04 Å². The zero-order valence-corrected chi connectivity index (χ0v) is 12.4. The summed E-state index contributed by atoms with van der Waals surface area (Å²) in [7, 11) is 4.00. The highest BCUT2D eigenvalue weighted by molar-refractivity contribution is 6.35. The van der Waals surface area contributed by atoms with Crippen molar-refractivity contribution in [2.75, 3.05) is 27.2 Å². The largest absolute Gasteiger partial charge is 0.308 e. The van der Waals surface area contributed by atoms with Gasteiger partial charge in [0.05, 0.1) is 11.6 Å². The van der Waals surface area contributed by atoms with Crippen molar-refractivity contribution >= 4 is 22.5 Å². The molecule has 4 nitrogen and oxygen atoms in total. The number of benzene rings is 1. The van der Waals surface area contributed by atoms with E-state index in [1.54, 1.807) is 6.20 Å². The molecule has 0 amide bonds. The fourth-order valence-corrected chi connectivity index (χ4v) is 2.27. The number of pyridine rings is 1. The van der Waals surface area contributed by atoms with Crippen molar-refractivity contribution < 1.29 is 0 Å². The van der Waals surface area contributed by atoms with Crippen LogP contribution in [-0.4, -0.2) is 37.1 Å². The van der Waals surface area contributed by atoms with Gasteiger partial charge in [0, 0.05) is 35.3 Å². The van der Waals surface area contributed by atoms with E-state index in [-0.39, 0.29) is 6.04 Å². The Morgan fingerprint density at radius 3 is 2.90 bits per heavy atom. The van der Waals surface area contributed by atoms with Crippen LogP contribution in [0.25, 0.3) is 10.9 Å². The molecule has 1 atom stereocenters. The highest BCUT2D eigenvalue weighted by atomic mass is 35.5. The molecule has 1 aromatic carbocycles. The lowest BCUT2D eigenvalue weighted by Gasteiger charge is -2.16. The van der Waals surface area contributed by atoms with Crippen LogP contribution in [-0.2, 0) is 0 Å². The summed E-state index contributed by atoms with van der Waals surface area (Å²) in [4.78, 5) is 6.44. The molecule has 2 rings (SSSR count). The molecule has 2 aromatic rings. The van der Waals surface area contributed by atoms with E-state index >= 15 is 0 Å². The molecule has 104 valence electrons. The van der Waals surface area contributed by atoms with Gasteiger partial charge in [-0.05, 0) is 32.3 Å². The van der Waals surface area contributed by atoms with Crippen LogP contribution in [0.1, 0.15) is 11.6 Å². The van der Waals surface area contributed by atoms with Crippen LogP contribution >= 0.6 is 11.6 Å². The summed E-state index contributed by atoms with van der Waals surface area (Å²) >= 11 is 6.17. The number of hydrogen-bond donors (Lipinski definition) is 1. The molecule has 20 heavy (non-hydrogen) atoms. The zero-order chi connectivity index (χ0) is 14.5. The van der Waals surface area contributed by atoms with Gasteiger partial charge in [-0.1, -0.05) is 17.7 Å². The fraction of sp³-hybridized carbons (Fsp3) is 0.333.